The predicted molar refractivity (Wildman–Crippen MR) is 65.0 cm³/mol. The predicted octanol–water partition coefficient (Wildman–Crippen LogP) is -1.18. The van der Waals surface area contributed by atoms with E-state index in [2.05, 4.69) is 15.2 Å². The number of carbonyl (C=O) groups excluding carboxylic acids is 2. The molecule has 1 aliphatic heterocycles. The van der Waals surface area contributed by atoms with Crippen LogP contribution in [0, 0.1) is 0 Å². The molecule has 1 fully saturated rings. The summed E-state index contributed by atoms with van der Waals surface area (Å²) in [4.78, 5) is 28.8. The van der Waals surface area contributed by atoms with Gasteiger partial charge in [0.1, 0.15) is 11.9 Å². The molecule has 8 heteroatoms. The first-order valence-electron chi connectivity index (χ1n) is 6.22. The molecule has 19 heavy (non-hydrogen) atoms. The standard InChI is InChI=1S/C11H17N5O3/c1-2-3-8-13-10(15-14-8)11(19)16-5-6(17)4-7(16)9(12)18/h6-7,17H,2-5H2,1H3,(H2,12,18)(H,13,14,15). The number of amides is 2. The number of aromatic amines is 1. The maximum atomic E-state index is 12.2. The van der Waals surface area contributed by atoms with Crippen LogP contribution in [0.5, 0.6) is 0 Å². The number of hydrogen-bond donors (Lipinski definition) is 3. The van der Waals surface area contributed by atoms with Crippen molar-refractivity contribution in [2.24, 2.45) is 5.73 Å². The molecule has 4 N–H and O–H groups in total. The second kappa shape index (κ2) is 5.35. The molecule has 1 aliphatic rings. The minimum Gasteiger partial charge on any atom is -0.391 e. The summed E-state index contributed by atoms with van der Waals surface area (Å²) in [6.45, 7) is 2.06. The number of aliphatic hydroxyl groups excluding tert-OH is 1. The van der Waals surface area contributed by atoms with Crippen LogP contribution in [0.4, 0.5) is 0 Å². The molecule has 2 rings (SSSR count). The van der Waals surface area contributed by atoms with Gasteiger partial charge in [0.05, 0.1) is 6.10 Å². The van der Waals surface area contributed by atoms with E-state index in [-0.39, 0.29) is 18.8 Å². The molecule has 1 aromatic heterocycles. The molecule has 1 aromatic rings. The average molecular weight is 267 g/mol. The molecular formula is C11H17N5O3. The third-order valence-corrected chi connectivity index (χ3v) is 3.08. The van der Waals surface area contributed by atoms with E-state index in [0.717, 1.165) is 6.42 Å². The summed E-state index contributed by atoms with van der Waals surface area (Å²) in [7, 11) is 0. The van der Waals surface area contributed by atoms with Gasteiger partial charge in [0.15, 0.2) is 0 Å². The number of aromatic nitrogens is 3. The summed E-state index contributed by atoms with van der Waals surface area (Å²) in [5.74, 6) is -0.488. The van der Waals surface area contributed by atoms with Crippen molar-refractivity contribution in [1.29, 1.82) is 0 Å². The van der Waals surface area contributed by atoms with E-state index in [4.69, 9.17) is 5.73 Å². The Hall–Kier alpha value is -1.96. The lowest BCUT2D eigenvalue weighted by molar-refractivity contribution is -0.121. The fourth-order valence-corrected chi connectivity index (χ4v) is 2.18. The molecule has 2 amide bonds. The summed E-state index contributed by atoms with van der Waals surface area (Å²) < 4.78 is 0. The first-order valence-corrected chi connectivity index (χ1v) is 6.22. The number of carbonyl (C=O) groups is 2. The molecule has 0 saturated carbocycles. The van der Waals surface area contributed by atoms with Gasteiger partial charge in [-0.3, -0.25) is 14.7 Å². The molecule has 0 spiro atoms. The Balaban J connectivity index is 2.15. The van der Waals surface area contributed by atoms with Crippen LogP contribution in [0.1, 0.15) is 36.2 Å². The zero-order valence-corrected chi connectivity index (χ0v) is 10.7. The van der Waals surface area contributed by atoms with Crippen molar-refractivity contribution in [2.45, 2.75) is 38.3 Å². The van der Waals surface area contributed by atoms with Crippen LogP contribution in [-0.2, 0) is 11.2 Å². The lowest BCUT2D eigenvalue weighted by Gasteiger charge is -2.19. The Morgan fingerprint density at radius 1 is 1.58 bits per heavy atom. The van der Waals surface area contributed by atoms with Gasteiger partial charge in [0.2, 0.25) is 11.7 Å². The van der Waals surface area contributed by atoms with E-state index in [1.807, 2.05) is 6.92 Å². The maximum absolute atomic E-state index is 12.2. The van der Waals surface area contributed by atoms with Crippen molar-refractivity contribution in [1.82, 2.24) is 20.1 Å². The highest BCUT2D eigenvalue weighted by Gasteiger charge is 2.39. The van der Waals surface area contributed by atoms with Gasteiger partial charge in [0.25, 0.3) is 5.91 Å². The summed E-state index contributed by atoms with van der Waals surface area (Å²) in [5.41, 5.74) is 5.23. The van der Waals surface area contributed by atoms with Crippen LogP contribution in [-0.4, -0.2) is 55.7 Å². The maximum Gasteiger partial charge on any atom is 0.294 e. The summed E-state index contributed by atoms with van der Waals surface area (Å²) in [6, 6.07) is -0.796. The third-order valence-electron chi connectivity index (χ3n) is 3.08. The number of β-amino-alcohol motifs (C(OH)–C–C–N with tert-alkyl or cyclic N) is 1. The summed E-state index contributed by atoms with van der Waals surface area (Å²) in [6.07, 6.45) is 1.00. The number of nitrogens with zero attached hydrogens (tertiary/aromatic N) is 3. The molecule has 0 radical (unpaired) electrons. The first-order chi connectivity index (χ1) is 9.02. The SMILES string of the molecule is CCCc1nc(C(=O)N2CC(O)CC2C(N)=O)n[nH]1. The summed E-state index contributed by atoms with van der Waals surface area (Å²) >= 11 is 0. The molecule has 2 unspecified atom stereocenters. The quantitative estimate of drug-likeness (QED) is 0.633. The number of hydrogen-bond acceptors (Lipinski definition) is 5. The van der Waals surface area contributed by atoms with E-state index in [1.54, 1.807) is 0 Å². The summed E-state index contributed by atoms with van der Waals surface area (Å²) in [5, 5.41) is 16.1. The molecule has 0 aliphatic carbocycles. The number of nitrogens with one attached hydrogen (secondary N) is 1. The third kappa shape index (κ3) is 2.73. The minimum atomic E-state index is -0.796. The molecule has 0 aromatic carbocycles. The van der Waals surface area contributed by atoms with Crippen LogP contribution in [0.2, 0.25) is 0 Å². The van der Waals surface area contributed by atoms with Crippen molar-refractivity contribution >= 4 is 11.8 Å². The van der Waals surface area contributed by atoms with Gasteiger partial charge in [-0.2, -0.15) is 0 Å². The van der Waals surface area contributed by atoms with Crippen molar-refractivity contribution in [3.8, 4) is 0 Å². The van der Waals surface area contributed by atoms with Gasteiger partial charge in [-0.1, -0.05) is 6.92 Å². The Labute approximate surface area is 110 Å². The van der Waals surface area contributed by atoms with Crippen LogP contribution in [0.3, 0.4) is 0 Å². The largest absolute Gasteiger partial charge is 0.391 e. The van der Waals surface area contributed by atoms with E-state index >= 15 is 0 Å². The molecule has 2 heterocycles. The first kappa shape index (κ1) is 13.5. The van der Waals surface area contributed by atoms with Crippen LogP contribution in [0.25, 0.3) is 0 Å². The van der Waals surface area contributed by atoms with E-state index < -0.39 is 24.0 Å². The van der Waals surface area contributed by atoms with Gasteiger partial charge in [-0.25, -0.2) is 4.98 Å². The number of primary amides is 1. The number of aryl methyl sites for hydroxylation is 1. The highest BCUT2D eigenvalue weighted by Crippen LogP contribution is 2.19. The Morgan fingerprint density at radius 2 is 2.32 bits per heavy atom. The molecule has 0 bridgehead atoms. The Bertz CT molecular complexity index is 486. The topological polar surface area (TPSA) is 125 Å². The smallest absolute Gasteiger partial charge is 0.294 e. The lowest BCUT2D eigenvalue weighted by Crippen LogP contribution is -2.44. The number of rotatable bonds is 4. The minimum absolute atomic E-state index is 0.00352. The molecule has 104 valence electrons. The zero-order valence-electron chi connectivity index (χ0n) is 10.7. The molecule has 2 atom stereocenters. The van der Waals surface area contributed by atoms with Gasteiger partial charge in [-0.15, -0.1) is 5.10 Å². The van der Waals surface area contributed by atoms with Crippen LogP contribution in [0.15, 0.2) is 0 Å². The average Bonchev–Trinajstić information content (AvgIpc) is 2.95. The number of aliphatic hydroxyl groups is 1. The highest BCUT2D eigenvalue weighted by atomic mass is 16.3. The number of H-pyrrole nitrogens is 1. The van der Waals surface area contributed by atoms with Gasteiger partial charge in [0, 0.05) is 19.4 Å². The molecule has 8 nitrogen and oxygen atoms in total. The number of nitrogens with two attached hydrogens (primary N) is 1. The fourth-order valence-electron chi connectivity index (χ4n) is 2.18. The van der Waals surface area contributed by atoms with Crippen LogP contribution >= 0.6 is 0 Å². The monoisotopic (exact) mass is 267 g/mol. The van der Waals surface area contributed by atoms with Gasteiger partial charge in [-0.05, 0) is 6.42 Å². The second-order valence-corrected chi connectivity index (χ2v) is 4.62. The Kier molecular flexibility index (Phi) is 3.79. The van der Waals surface area contributed by atoms with Crippen molar-refractivity contribution in [3.63, 3.8) is 0 Å². The van der Waals surface area contributed by atoms with Crippen molar-refractivity contribution in [2.75, 3.05) is 6.54 Å². The van der Waals surface area contributed by atoms with Crippen molar-refractivity contribution in [3.05, 3.63) is 11.6 Å². The van der Waals surface area contributed by atoms with Gasteiger partial charge >= 0.3 is 0 Å². The fraction of sp³-hybridized carbons (Fsp3) is 0.636. The Morgan fingerprint density at radius 3 is 2.95 bits per heavy atom. The second-order valence-electron chi connectivity index (χ2n) is 4.62. The van der Waals surface area contributed by atoms with E-state index in [1.165, 1.54) is 4.90 Å². The van der Waals surface area contributed by atoms with E-state index in [0.29, 0.717) is 12.2 Å². The van der Waals surface area contributed by atoms with Crippen molar-refractivity contribution < 1.29 is 14.7 Å². The van der Waals surface area contributed by atoms with E-state index in [9.17, 15) is 14.7 Å². The lowest BCUT2D eigenvalue weighted by atomic mass is 10.2. The molecular weight excluding hydrogens is 250 g/mol. The highest BCUT2D eigenvalue weighted by molar-refractivity contribution is 5.95. The molecule has 1 saturated heterocycles. The van der Waals surface area contributed by atoms with Gasteiger partial charge < -0.3 is 15.7 Å². The number of likely N-dealkylation sites (tertiary alicyclic amines) is 1. The van der Waals surface area contributed by atoms with Crippen LogP contribution < -0.4 is 5.73 Å². The normalized spacial score (nSPS) is 22.7. The zero-order chi connectivity index (χ0) is 14.0.